The summed E-state index contributed by atoms with van der Waals surface area (Å²) in [5.41, 5.74) is 1.14. The molecule has 3 rings (SSSR count). The first-order valence-electron chi connectivity index (χ1n) is 8.41. The molecule has 1 aliphatic rings. The summed E-state index contributed by atoms with van der Waals surface area (Å²) in [5.74, 6) is -0.291. The van der Waals surface area contributed by atoms with Gasteiger partial charge in [-0.3, -0.25) is 4.79 Å². The average Bonchev–Trinajstić information content (AvgIpc) is 3.00. The predicted molar refractivity (Wildman–Crippen MR) is 119 cm³/mol. The molecular weight excluding hydrogens is 532 g/mol. The van der Waals surface area contributed by atoms with Crippen LogP contribution in [-0.4, -0.2) is 24.4 Å². The van der Waals surface area contributed by atoms with E-state index in [1.807, 2.05) is 29.5 Å². The van der Waals surface area contributed by atoms with Gasteiger partial charge in [-0.1, -0.05) is 23.2 Å². The average molecular weight is 546 g/mol. The second kappa shape index (κ2) is 9.15. The number of halogens is 3. The molecule has 9 heteroatoms. The highest BCUT2D eigenvalue weighted by Gasteiger charge is 2.26. The minimum atomic E-state index is -0.618. The molecule has 2 aromatic carbocycles. The molecule has 0 spiro atoms. The van der Waals surface area contributed by atoms with E-state index in [9.17, 15) is 9.59 Å². The Kier molecular flexibility index (Phi) is 6.81. The van der Waals surface area contributed by atoms with Crippen LogP contribution in [0.15, 0.2) is 41.0 Å². The van der Waals surface area contributed by atoms with Crippen molar-refractivity contribution in [3.63, 3.8) is 0 Å². The Morgan fingerprint density at radius 3 is 2.72 bits per heavy atom. The fourth-order valence-electron chi connectivity index (χ4n) is 2.52. The Labute approximate surface area is 190 Å². The van der Waals surface area contributed by atoms with Gasteiger partial charge in [0, 0.05) is 11.9 Å². The summed E-state index contributed by atoms with van der Waals surface area (Å²) in [5, 5.41) is 0.804. The molecule has 6 nitrogen and oxygen atoms in total. The Bertz CT molecular complexity index is 1070. The van der Waals surface area contributed by atoms with Gasteiger partial charge in [0.25, 0.3) is 0 Å². The highest BCUT2D eigenvalue weighted by atomic mass is 127. The van der Waals surface area contributed by atoms with Crippen LogP contribution in [0, 0.1) is 3.57 Å². The van der Waals surface area contributed by atoms with E-state index >= 15 is 0 Å². The van der Waals surface area contributed by atoms with Gasteiger partial charge in [-0.15, -0.1) is 0 Å². The van der Waals surface area contributed by atoms with Gasteiger partial charge in [-0.25, -0.2) is 9.79 Å². The molecule has 0 saturated carbocycles. The second-order valence-corrected chi connectivity index (χ2v) is 7.82. The first kappa shape index (κ1) is 21.6. The first-order chi connectivity index (χ1) is 13.8. The lowest BCUT2D eigenvalue weighted by molar-refractivity contribution is -0.132. The SMILES string of the molecule is CCOc1cc(/C=C2\N=C(c3cc(Cl)ccc3Cl)OC2=O)cc(I)c1OC(C)=O. The fraction of sp³-hybridized carbons (Fsp3) is 0.150. The normalized spacial score (nSPS) is 14.6. The van der Waals surface area contributed by atoms with Crippen LogP contribution in [-0.2, 0) is 14.3 Å². The molecular formula is C20H14Cl2INO5. The third-order valence-corrected chi connectivity index (χ3v) is 5.03. The lowest BCUT2D eigenvalue weighted by atomic mass is 10.1. The van der Waals surface area contributed by atoms with Crippen LogP contribution in [0.1, 0.15) is 25.0 Å². The van der Waals surface area contributed by atoms with Gasteiger partial charge in [0.05, 0.1) is 20.8 Å². The van der Waals surface area contributed by atoms with Crippen molar-refractivity contribution in [2.45, 2.75) is 13.8 Å². The third-order valence-electron chi connectivity index (χ3n) is 3.66. The number of ether oxygens (including phenoxy) is 3. The molecule has 0 saturated heterocycles. The molecule has 0 aliphatic carbocycles. The number of hydrogen-bond donors (Lipinski definition) is 0. The van der Waals surface area contributed by atoms with Gasteiger partial charge >= 0.3 is 11.9 Å². The van der Waals surface area contributed by atoms with Crippen molar-refractivity contribution < 1.29 is 23.8 Å². The smallest absolute Gasteiger partial charge is 0.363 e. The lowest BCUT2D eigenvalue weighted by Crippen LogP contribution is -2.06. The van der Waals surface area contributed by atoms with Crippen molar-refractivity contribution in [2.75, 3.05) is 6.61 Å². The highest BCUT2D eigenvalue weighted by Crippen LogP contribution is 2.35. The van der Waals surface area contributed by atoms with E-state index in [1.165, 1.54) is 6.92 Å². The standard InChI is InChI=1S/C20H14Cl2INO5/c1-3-27-17-8-11(6-15(23)18(17)28-10(2)25)7-16-20(26)29-19(24-16)13-9-12(21)4-5-14(13)22/h4-9H,3H2,1-2H3/b16-7-. The topological polar surface area (TPSA) is 74.2 Å². The molecule has 0 unspecified atom stereocenters. The molecule has 150 valence electrons. The van der Waals surface area contributed by atoms with Crippen molar-refractivity contribution in [2.24, 2.45) is 4.99 Å². The summed E-state index contributed by atoms with van der Waals surface area (Å²) >= 11 is 14.2. The molecule has 1 heterocycles. The highest BCUT2D eigenvalue weighted by molar-refractivity contribution is 14.1. The van der Waals surface area contributed by atoms with E-state index in [0.717, 1.165) is 0 Å². The lowest BCUT2D eigenvalue weighted by Gasteiger charge is -2.12. The van der Waals surface area contributed by atoms with Crippen LogP contribution in [0.5, 0.6) is 11.5 Å². The second-order valence-electron chi connectivity index (χ2n) is 5.82. The summed E-state index contributed by atoms with van der Waals surface area (Å²) in [6, 6.07) is 8.19. The zero-order valence-corrected chi connectivity index (χ0v) is 19.0. The quantitative estimate of drug-likeness (QED) is 0.221. The number of nitrogens with zero attached hydrogens (tertiary/aromatic N) is 1. The summed E-state index contributed by atoms with van der Waals surface area (Å²) in [4.78, 5) is 27.9. The maximum Gasteiger partial charge on any atom is 0.363 e. The Hall–Kier alpha value is -2.10. The maximum absolute atomic E-state index is 12.3. The minimum Gasteiger partial charge on any atom is -0.490 e. The number of aliphatic imine (C=N–C) groups is 1. The third kappa shape index (κ3) is 5.09. The number of cyclic esters (lactones) is 1. The summed E-state index contributed by atoms with van der Waals surface area (Å²) in [7, 11) is 0. The zero-order chi connectivity index (χ0) is 21.1. The Morgan fingerprint density at radius 1 is 1.28 bits per heavy atom. The van der Waals surface area contributed by atoms with Crippen molar-refractivity contribution in [3.05, 3.63) is 60.8 Å². The molecule has 0 aromatic heterocycles. The Balaban J connectivity index is 2.01. The molecule has 0 bridgehead atoms. The van der Waals surface area contributed by atoms with E-state index in [1.54, 1.807) is 36.4 Å². The van der Waals surface area contributed by atoms with E-state index < -0.39 is 11.9 Å². The van der Waals surface area contributed by atoms with Crippen LogP contribution in [0.4, 0.5) is 0 Å². The summed E-state index contributed by atoms with van der Waals surface area (Å²) in [6.07, 6.45) is 1.55. The number of carbonyl (C=O) groups excluding carboxylic acids is 2. The van der Waals surface area contributed by atoms with Crippen molar-refractivity contribution in [3.8, 4) is 11.5 Å². The molecule has 0 radical (unpaired) electrons. The largest absolute Gasteiger partial charge is 0.490 e. The first-order valence-corrected chi connectivity index (χ1v) is 10.2. The molecule has 0 fully saturated rings. The van der Waals surface area contributed by atoms with E-state index in [-0.39, 0.29) is 11.6 Å². The molecule has 0 atom stereocenters. The number of rotatable bonds is 5. The van der Waals surface area contributed by atoms with Gasteiger partial charge in [0.2, 0.25) is 5.90 Å². The van der Waals surface area contributed by atoms with Crippen molar-refractivity contribution in [1.29, 1.82) is 0 Å². The monoisotopic (exact) mass is 545 g/mol. The summed E-state index contributed by atoms with van der Waals surface area (Å²) in [6.45, 7) is 3.50. The Morgan fingerprint density at radius 2 is 2.03 bits per heavy atom. The zero-order valence-electron chi connectivity index (χ0n) is 15.3. The minimum absolute atomic E-state index is 0.0741. The molecule has 1 aliphatic heterocycles. The van der Waals surface area contributed by atoms with Crippen LogP contribution in [0.25, 0.3) is 6.08 Å². The van der Waals surface area contributed by atoms with Gasteiger partial charge in [-0.05, 0) is 71.5 Å². The molecule has 0 N–H and O–H groups in total. The van der Waals surface area contributed by atoms with Gasteiger partial charge in [0.15, 0.2) is 17.2 Å². The summed E-state index contributed by atoms with van der Waals surface area (Å²) < 4.78 is 16.7. The van der Waals surface area contributed by atoms with Crippen molar-refractivity contribution >= 4 is 69.7 Å². The van der Waals surface area contributed by atoms with Gasteiger partial charge in [-0.2, -0.15) is 0 Å². The number of hydrogen-bond acceptors (Lipinski definition) is 6. The number of carbonyl (C=O) groups is 2. The van der Waals surface area contributed by atoms with Crippen LogP contribution in [0.3, 0.4) is 0 Å². The van der Waals surface area contributed by atoms with Crippen LogP contribution >= 0.6 is 45.8 Å². The van der Waals surface area contributed by atoms with Gasteiger partial charge < -0.3 is 14.2 Å². The van der Waals surface area contributed by atoms with Crippen LogP contribution < -0.4 is 9.47 Å². The molecule has 2 aromatic rings. The fourth-order valence-corrected chi connectivity index (χ4v) is 3.63. The maximum atomic E-state index is 12.3. The predicted octanol–water partition coefficient (Wildman–Crippen LogP) is 5.27. The van der Waals surface area contributed by atoms with Crippen LogP contribution in [0.2, 0.25) is 10.0 Å². The number of esters is 2. The van der Waals surface area contributed by atoms with Crippen molar-refractivity contribution in [1.82, 2.24) is 0 Å². The van der Waals surface area contributed by atoms with Gasteiger partial charge in [0.1, 0.15) is 0 Å². The molecule has 0 amide bonds. The molecule has 29 heavy (non-hydrogen) atoms. The number of benzene rings is 2. The van der Waals surface area contributed by atoms with E-state index in [2.05, 4.69) is 4.99 Å². The van der Waals surface area contributed by atoms with E-state index in [4.69, 9.17) is 37.4 Å². The van der Waals surface area contributed by atoms with E-state index in [0.29, 0.717) is 42.8 Å².